The zero-order valence-electron chi connectivity index (χ0n) is 14.7. The predicted octanol–water partition coefficient (Wildman–Crippen LogP) is 2.36. The first-order chi connectivity index (χ1) is 12.0. The Bertz CT molecular complexity index is 775. The highest BCUT2D eigenvalue weighted by molar-refractivity contribution is 8.00. The first-order valence-corrected chi connectivity index (χ1v) is 12.8. The molecule has 2 atom stereocenters. The summed E-state index contributed by atoms with van der Waals surface area (Å²) in [4.78, 5) is 0.356. The average molecular weight is 398 g/mol. The first-order valence-electron chi connectivity index (χ1n) is 8.60. The molecule has 0 aromatic heterocycles. The van der Waals surface area contributed by atoms with Crippen molar-refractivity contribution < 1.29 is 8.42 Å². The lowest BCUT2D eigenvalue weighted by molar-refractivity contribution is 0.602. The SMILES string of the molecule is CSC1CCC(NCC2CCCS2)=[N+]=C1c1ccc(S(C)(=O)=O)cc1. The largest absolute Gasteiger partial charge is 0.343 e. The van der Waals surface area contributed by atoms with Crippen LogP contribution < -0.4 is 9.98 Å². The van der Waals surface area contributed by atoms with E-state index in [9.17, 15) is 8.42 Å². The van der Waals surface area contributed by atoms with Crippen LogP contribution >= 0.6 is 23.5 Å². The third-order valence-electron chi connectivity index (χ3n) is 4.62. The minimum Gasteiger partial charge on any atom is -0.263 e. The van der Waals surface area contributed by atoms with Crippen LogP contribution in [0.4, 0.5) is 0 Å². The van der Waals surface area contributed by atoms with Gasteiger partial charge in [0, 0.05) is 17.1 Å². The lowest BCUT2D eigenvalue weighted by atomic mass is 10.0. The molecule has 1 aromatic rings. The van der Waals surface area contributed by atoms with E-state index in [0.717, 1.165) is 36.5 Å². The second-order valence-electron chi connectivity index (χ2n) is 6.52. The molecule has 2 aliphatic rings. The number of thioether (sulfide) groups is 2. The molecule has 2 unspecified atom stereocenters. The summed E-state index contributed by atoms with van der Waals surface area (Å²) >= 11 is 3.86. The van der Waals surface area contributed by atoms with Crippen molar-refractivity contribution in [2.24, 2.45) is 0 Å². The molecule has 7 heteroatoms. The summed E-state index contributed by atoms with van der Waals surface area (Å²) in [6, 6.07) is 7.13. The Labute approximate surface area is 158 Å². The van der Waals surface area contributed by atoms with Crippen LogP contribution in [0.5, 0.6) is 0 Å². The number of nitrogens with one attached hydrogen (secondary N) is 1. The van der Waals surface area contributed by atoms with Gasteiger partial charge in [0.05, 0.1) is 23.1 Å². The standard InChI is InChI=1S/C18H24N2O2S3/c1-23-16-9-10-17(19-12-14-4-3-11-24-14)20-18(16)13-5-7-15(8-6-13)25(2,21)22/h5-8,14,16H,3-4,9-12H2,1-2H3/p+1. The van der Waals surface area contributed by atoms with Crippen LogP contribution in [0.3, 0.4) is 0 Å². The van der Waals surface area contributed by atoms with Crippen LogP contribution in [0.15, 0.2) is 29.2 Å². The van der Waals surface area contributed by atoms with Crippen molar-refractivity contribution in [3.8, 4) is 0 Å². The number of hydrogen-bond donors (Lipinski definition) is 1. The number of hydrogen-bond acceptors (Lipinski definition) is 5. The summed E-state index contributed by atoms with van der Waals surface area (Å²) in [5.41, 5.74) is 2.07. The maximum absolute atomic E-state index is 11.7. The molecule has 0 amide bonds. The summed E-state index contributed by atoms with van der Waals surface area (Å²) in [5, 5.41) is 4.61. The molecule has 2 heterocycles. The number of rotatable bonds is 5. The van der Waals surface area contributed by atoms with Crippen molar-refractivity contribution in [1.82, 2.24) is 9.98 Å². The van der Waals surface area contributed by atoms with E-state index < -0.39 is 9.84 Å². The van der Waals surface area contributed by atoms with Crippen LogP contribution in [0, 0.1) is 0 Å². The fraction of sp³-hybridized carbons (Fsp3) is 0.556. The molecule has 0 bridgehead atoms. The fourth-order valence-electron chi connectivity index (χ4n) is 3.20. The van der Waals surface area contributed by atoms with E-state index in [0.29, 0.717) is 15.4 Å². The molecule has 2 aliphatic heterocycles. The summed E-state index contributed by atoms with van der Waals surface area (Å²) in [6.07, 6.45) is 8.01. The van der Waals surface area contributed by atoms with Crippen LogP contribution in [0.2, 0.25) is 0 Å². The molecule has 1 aromatic carbocycles. The molecule has 1 saturated heterocycles. The topological polar surface area (TPSA) is 60.3 Å². The summed E-state index contributed by atoms with van der Waals surface area (Å²) in [7, 11) is -3.16. The molecular weight excluding hydrogens is 372 g/mol. The van der Waals surface area contributed by atoms with E-state index in [1.54, 1.807) is 12.1 Å². The quantitative estimate of drug-likeness (QED) is 0.773. The van der Waals surface area contributed by atoms with Gasteiger partial charge < -0.3 is 0 Å². The molecule has 0 radical (unpaired) electrons. The van der Waals surface area contributed by atoms with Gasteiger partial charge in [-0.3, -0.25) is 5.32 Å². The number of sulfone groups is 1. The normalized spacial score (nSPS) is 23.9. The molecule has 1 N–H and O–H groups in total. The minimum absolute atomic E-state index is 0.356. The number of nitrogens with zero attached hydrogens (tertiary/aromatic N) is 1. The molecule has 3 rings (SSSR count). The highest BCUT2D eigenvalue weighted by Crippen LogP contribution is 2.25. The third-order valence-corrected chi connectivity index (χ3v) is 8.18. The van der Waals surface area contributed by atoms with E-state index >= 15 is 0 Å². The van der Waals surface area contributed by atoms with Crippen molar-refractivity contribution in [2.45, 2.75) is 41.1 Å². The van der Waals surface area contributed by atoms with Gasteiger partial charge in [-0.15, -0.1) is 0 Å². The van der Waals surface area contributed by atoms with Crippen LogP contribution in [-0.4, -0.2) is 55.3 Å². The fourth-order valence-corrected chi connectivity index (χ4v) is 5.79. The monoisotopic (exact) mass is 397 g/mol. The lowest BCUT2D eigenvalue weighted by Crippen LogP contribution is -2.37. The van der Waals surface area contributed by atoms with Gasteiger partial charge in [0.1, 0.15) is 0 Å². The van der Waals surface area contributed by atoms with Gasteiger partial charge in [0.15, 0.2) is 9.84 Å². The molecule has 4 nitrogen and oxygen atoms in total. The summed E-state index contributed by atoms with van der Waals surface area (Å²) in [5.74, 6) is 2.34. The predicted molar refractivity (Wildman–Crippen MR) is 111 cm³/mol. The van der Waals surface area contributed by atoms with Gasteiger partial charge >= 0.3 is 5.84 Å². The molecule has 0 saturated carbocycles. The third kappa shape index (κ3) is 4.85. The van der Waals surface area contributed by atoms with E-state index in [2.05, 4.69) is 23.3 Å². The van der Waals surface area contributed by atoms with Crippen molar-refractivity contribution in [1.29, 1.82) is 0 Å². The molecule has 0 aliphatic carbocycles. The number of amidine groups is 1. The van der Waals surface area contributed by atoms with Crippen LogP contribution in [-0.2, 0) is 9.84 Å². The average Bonchev–Trinajstić information content (AvgIpc) is 3.12. The molecule has 1 fully saturated rings. The minimum atomic E-state index is -3.16. The zero-order chi connectivity index (χ0) is 17.9. The van der Waals surface area contributed by atoms with Crippen molar-refractivity contribution in [3.05, 3.63) is 29.8 Å². The van der Waals surface area contributed by atoms with Gasteiger partial charge in [-0.25, -0.2) is 13.1 Å². The van der Waals surface area contributed by atoms with Gasteiger partial charge in [0.2, 0.25) is 5.71 Å². The van der Waals surface area contributed by atoms with E-state index in [4.69, 9.17) is 4.67 Å². The highest BCUT2D eigenvalue weighted by atomic mass is 32.2. The highest BCUT2D eigenvalue weighted by Gasteiger charge is 2.29. The summed E-state index contributed by atoms with van der Waals surface area (Å²) < 4.78 is 28.2. The lowest BCUT2D eigenvalue weighted by Gasteiger charge is -2.16. The summed E-state index contributed by atoms with van der Waals surface area (Å²) in [6.45, 7) is 0.994. The van der Waals surface area contributed by atoms with Gasteiger partial charge in [0.25, 0.3) is 0 Å². The van der Waals surface area contributed by atoms with Crippen molar-refractivity contribution >= 4 is 44.9 Å². The Kier molecular flexibility index (Phi) is 6.21. The Morgan fingerprint density at radius 2 is 2.04 bits per heavy atom. The maximum Gasteiger partial charge on any atom is 0.343 e. The Morgan fingerprint density at radius 1 is 1.28 bits per heavy atom. The second kappa shape index (κ2) is 8.21. The van der Waals surface area contributed by atoms with Gasteiger partial charge in [-0.1, -0.05) is 0 Å². The van der Waals surface area contributed by atoms with E-state index in [1.165, 1.54) is 24.9 Å². The molecule has 25 heavy (non-hydrogen) atoms. The number of benzene rings is 1. The van der Waals surface area contributed by atoms with Gasteiger partial charge in [-0.2, -0.15) is 23.5 Å². The molecule has 136 valence electrons. The van der Waals surface area contributed by atoms with Crippen molar-refractivity contribution in [2.75, 3.05) is 24.8 Å². The molecule has 0 spiro atoms. The van der Waals surface area contributed by atoms with E-state index in [1.807, 2.05) is 23.9 Å². The van der Waals surface area contributed by atoms with Gasteiger partial charge in [-0.05, 0) is 55.5 Å². The first kappa shape index (κ1) is 18.9. The van der Waals surface area contributed by atoms with E-state index in [-0.39, 0.29) is 0 Å². The molecular formula is C18H25N2O2S3+. The smallest absolute Gasteiger partial charge is 0.263 e. The van der Waals surface area contributed by atoms with Crippen LogP contribution in [0.25, 0.3) is 0 Å². The Morgan fingerprint density at radius 3 is 2.64 bits per heavy atom. The zero-order valence-corrected chi connectivity index (χ0v) is 17.1. The maximum atomic E-state index is 11.7. The Balaban J connectivity index is 1.84. The van der Waals surface area contributed by atoms with Crippen molar-refractivity contribution in [3.63, 3.8) is 0 Å². The second-order valence-corrected chi connectivity index (χ2v) is 11.0. The van der Waals surface area contributed by atoms with Crippen LogP contribution in [0.1, 0.15) is 31.2 Å². The Hall–Kier alpha value is -0.880.